The number of rotatable bonds is 7. The molecule has 0 saturated heterocycles. The highest BCUT2D eigenvalue weighted by molar-refractivity contribution is 5.79. The predicted octanol–water partition coefficient (Wildman–Crippen LogP) is 1.56. The molecule has 20 heavy (non-hydrogen) atoms. The second-order valence-corrected chi connectivity index (χ2v) is 4.59. The van der Waals surface area contributed by atoms with Gasteiger partial charge in [0.2, 0.25) is 0 Å². The number of carbonyl (C=O) groups excluding carboxylic acids is 2. The van der Waals surface area contributed by atoms with Crippen LogP contribution in [0.1, 0.15) is 24.2 Å². The van der Waals surface area contributed by atoms with Gasteiger partial charge in [0.1, 0.15) is 6.29 Å². The highest BCUT2D eigenvalue weighted by Crippen LogP contribution is 2.27. The number of ether oxygens (including phenoxy) is 1. The standard InChI is InChI=1S/C13H16N2O5/c1-9(2)6-14-13(17)8-20-12-4-3-10(7-16)5-11(12)15(18)19/h3-5,7,9H,6,8H2,1-2H3,(H,14,17). The van der Waals surface area contributed by atoms with E-state index in [1.807, 2.05) is 13.8 Å². The lowest BCUT2D eigenvalue weighted by Gasteiger charge is -2.09. The molecule has 0 saturated carbocycles. The van der Waals surface area contributed by atoms with Gasteiger partial charge in [-0.3, -0.25) is 19.7 Å². The van der Waals surface area contributed by atoms with Crippen molar-refractivity contribution < 1.29 is 19.2 Å². The first-order valence-electron chi connectivity index (χ1n) is 6.07. The fraction of sp³-hybridized carbons (Fsp3) is 0.385. The van der Waals surface area contributed by atoms with Crippen molar-refractivity contribution in [1.29, 1.82) is 0 Å². The highest BCUT2D eigenvalue weighted by atomic mass is 16.6. The third kappa shape index (κ3) is 4.68. The molecule has 1 rings (SSSR count). The van der Waals surface area contributed by atoms with Crippen LogP contribution in [0.5, 0.6) is 5.75 Å². The van der Waals surface area contributed by atoms with Crippen LogP contribution in [0.25, 0.3) is 0 Å². The molecule has 1 aromatic rings. The number of benzene rings is 1. The Kier molecular flexibility index (Phi) is 5.64. The molecule has 0 bridgehead atoms. The second kappa shape index (κ2) is 7.22. The van der Waals surface area contributed by atoms with Crippen LogP contribution in [0.15, 0.2) is 18.2 Å². The quantitative estimate of drug-likeness (QED) is 0.464. The average Bonchev–Trinajstić information content (AvgIpc) is 2.42. The summed E-state index contributed by atoms with van der Waals surface area (Å²) in [6, 6.07) is 3.80. The first-order chi connectivity index (χ1) is 9.43. The number of nitro groups is 1. The number of hydrogen-bond acceptors (Lipinski definition) is 5. The molecule has 0 heterocycles. The van der Waals surface area contributed by atoms with Crippen LogP contribution < -0.4 is 10.1 Å². The van der Waals surface area contributed by atoms with Crippen molar-refractivity contribution in [3.8, 4) is 5.75 Å². The van der Waals surface area contributed by atoms with Crippen LogP contribution in [0.2, 0.25) is 0 Å². The van der Waals surface area contributed by atoms with Crippen molar-refractivity contribution in [3.63, 3.8) is 0 Å². The molecule has 1 aromatic carbocycles. The monoisotopic (exact) mass is 280 g/mol. The number of nitrogens with zero attached hydrogens (tertiary/aromatic N) is 1. The molecule has 0 spiro atoms. The van der Waals surface area contributed by atoms with E-state index >= 15 is 0 Å². The molecule has 0 atom stereocenters. The summed E-state index contributed by atoms with van der Waals surface area (Å²) in [5, 5.41) is 13.5. The van der Waals surface area contributed by atoms with E-state index in [2.05, 4.69) is 5.32 Å². The summed E-state index contributed by atoms with van der Waals surface area (Å²) in [5.41, 5.74) is -0.167. The van der Waals surface area contributed by atoms with E-state index in [0.29, 0.717) is 18.7 Å². The van der Waals surface area contributed by atoms with E-state index in [1.54, 1.807) is 0 Å². The minimum Gasteiger partial charge on any atom is -0.477 e. The Morgan fingerprint density at radius 1 is 1.50 bits per heavy atom. The number of amides is 1. The van der Waals surface area contributed by atoms with Gasteiger partial charge in [-0.05, 0) is 18.1 Å². The second-order valence-electron chi connectivity index (χ2n) is 4.59. The van der Waals surface area contributed by atoms with Crippen molar-refractivity contribution in [2.45, 2.75) is 13.8 Å². The maximum atomic E-state index is 11.5. The topological polar surface area (TPSA) is 98.5 Å². The Morgan fingerprint density at radius 2 is 2.20 bits per heavy atom. The Morgan fingerprint density at radius 3 is 2.75 bits per heavy atom. The fourth-order valence-electron chi connectivity index (χ4n) is 1.38. The van der Waals surface area contributed by atoms with Crippen molar-refractivity contribution in [3.05, 3.63) is 33.9 Å². The molecular weight excluding hydrogens is 264 g/mol. The molecule has 0 radical (unpaired) electrons. The summed E-state index contributed by atoms with van der Waals surface area (Å²) >= 11 is 0. The van der Waals surface area contributed by atoms with E-state index in [4.69, 9.17) is 4.74 Å². The lowest BCUT2D eigenvalue weighted by atomic mass is 10.2. The fourth-order valence-corrected chi connectivity index (χ4v) is 1.38. The molecule has 108 valence electrons. The van der Waals surface area contributed by atoms with Crippen LogP contribution in [0, 0.1) is 16.0 Å². The Balaban J connectivity index is 2.70. The van der Waals surface area contributed by atoms with Crippen LogP contribution in [0.4, 0.5) is 5.69 Å². The zero-order chi connectivity index (χ0) is 15.1. The van der Waals surface area contributed by atoms with Gasteiger partial charge in [-0.1, -0.05) is 13.8 Å². The first-order valence-corrected chi connectivity index (χ1v) is 6.07. The number of hydrogen-bond donors (Lipinski definition) is 1. The SMILES string of the molecule is CC(C)CNC(=O)COc1ccc(C=O)cc1[N+](=O)[O-]. The average molecular weight is 280 g/mol. The molecule has 0 aliphatic carbocycles. The molecule has 0 unspecified atom stereocenters. The third-order valence-electron chi connectivity index (χ3n) is 2.38. The van der Waals surface area contributed by atoms with E-state index in [9.17, 15) is 19.7 Å². The van der Waals surface area contributed by atoms with E-state index in [1.165, 1.54) is 12.1 Å². The lowest BCUT2D eigenvalue weighted by Crippen LogP contribution is -2.31. The van der Waals surface area contributed by atoms with Gasteiger partial charge >= 0.3 is 5.69 Å². The van der Waals surface area contributed by atoms with Crippen LogP contribution >= 0.6 is 0 Å². The van der Waals surface area contributed by atoms with Gasteiger partial charge in [0.15, 0.2) is 12.4 Å². The van der Waals surface area contributed by atoms with Gasteiger partial charge in [0.05, 0.1) is 4.92 Å². The van der Waals surface area contributed by atoms with Gasteiger partial charge in [0, 0.05) is 18.2 Å². The Hall–Kier alpha value is -2.44. The normalized spacial score (nSPS) is 10.2. The van der Waals surface area contributed by atoms with Crippen LogP contribution in [-0.4, -0.2) is 30.3 Å². The van der Waals surface area contributed by atoms with Crippen molar-refractivity contribution >= 4 is 17.9 Å². The maximum absolute atomic E-state index is 11.5. The van der Waals surface area contributed by atoms with Gasteiger partial charge in [-0.2, -0.15) is 0 Å². The predicted molar refractivity (Wildman–Crippen MR) is 71.8 cm³/mol. The largest absolute Gasteiger partial charge is 0.477 e. The maximum Gasteiger partial charge on any atom is 0.311 e. The first kappa shape index (κ1) is 15.6. The van der Waals surface area contributed by atoms with E-state index in [0.717, 1.165) is 6.07 Å². The molecule has 0 aromatic heterocycles. The highest BCUT2D eigenvalue weighted by Gasteiger charge is 2.17. The number of aldehydes is 1. The molecular formula is C13H16N2O5. The molecule has 0 aliphatic rings. The van der Waals surface area contributed by atoms with Crippen LogP contribution in [-0.2, 0) is 4.79 Å². The summed E-state index contributed by atoms with van der Waals surface area (Å²) in [6.45, 7) is 4.09. The summed E-state index contributed by atoms with van der Waals surface area (Å²) in [5.74, 6) is -0.0899. The van der Waals surface area contributed by atoms with E-state index in [-0.39, 0.29) is 29.5 Å². The minimum atomic E-state index is -0.658. The molecule has 0 aliphatic heterocycles. The Labute approximate surface area is 116 Å². The van der Waals surface area contributed by atoms with Gasteiger partial charge in [-0.15, -0.1) is 0 Å². The molecule has 1 amide bonds. The third-order valence-corrected chi connectivity index (χ3v) is 2.38. The zero-order valence-electron chi connectivity index (χ0n) is 11.3. The van der Waals surface area contributed by atoms with Gasteiger partial charge in [0.25, 0.3) is 5.91 Å². The molecule has 7 heteroatoms. The number of carbonyl (C=O) groups is 2. The Bertz CT molecular complexity index is 513. The number of nitro benzene ring substituents is 1. The summed E-state index contributed by atoms with van der Waals surface area (Å²) < 4.78 is 5.12. The molecule has 0 fully saturated rings. The molecule has 1 N–H and O–H groups in total. The minimum absolute atomic E-state index is 0.0414. The van der Waals surface area contributed by atoms with Crippen LogP contribution in [0.3, 0.4) is 0 Å². The van der Waals surface area contributed by atoms with Crippen molar-refractivity contribution in [1.82, 2.24) is 5.32 Å². The lowest BCUT2D eigenvalue weighted by molar-refractivity contribution is -0.385. The van der Waals surface area contributed by atoms with Gasteiger partial charge < -0.3 is 10.1 Å². The molecule has 7 nitrogen and oxygen atoms in total. The smallest absolute Gasteiger partial charge is 0.311 e. The van der Waals surface area contributed by atoms with Gasteiger partial charge in [-0.25, -0.2) is 0 Å². The summed E-state index contributed by atoms with van der Waals surface area (Å²) in [4.78, 5) is 32.2. The summed E-state index contributed by atoms with van der Waals surface area (Å²) in [7, 11) is 0. The van der Waals surface area contributed by atoms with E-state index < -0.39 is 4.92 Å². The van der Waals surface area contributed by atoms with Crippen molar-refractivity contribution in [2.24, 2.45) is 5.92 Å². The number of nitrogens with one attached hydrogen (secondary N) is 1. The van der Waals surface area contributed by atoms with Crippen molar-refractivity contribution in [2.75, 3.05) is 13.2 Å². The summed E-state index contributed by atoms with van der Waals surface area (Å²) in [6.07, 6.45) is 0.506. The zero-order valence-corrected chi connectivity index (χ0v) is 11.3.